The number of carbonyl (C=O) groups is 1. The smallest absolute Gasteiger partial charge is 0.319 e. The number of halogens is 1. The third-order valence-corrected chi connectivity index (χ3v) is 4.19. The van der Waals surface area contributed by atoms with E-state index < -0.39 is 5.60 Å². The highest BCUT2D eigenvalue weighted by Gasteiger charge is 2.24. The summed E-state index contributed by atoms with van der Waals surface area (Å²) in [7, 11) is 0. The van der Waals surface area contributed by atoms with Gasteiger partial charge in [-0.2, -0.15) is 0 Å². The molecule has 0 rings (SSSR count). The van der Waals surface area contributed by atoms with Crippen LogP contribution in [0.25, 0.3) is 0 Å². The van der Waals surface area contributed by atoms with Gasteiger partial charge in [-0.15, -0.1) is 11.8 Å². The van der Waals surface area contributed by atoms with Crippen molar-refractivity contribution >= 4 is 17.7 Å². The van der Waals surface area contributed by atoms with Crippen LogP contribution < -0.4 is 0 Å². The number of thioether (sulfide) groups is 1. The minimum Gasteiger partial charge on any atom is -0.459 e. The molecule has 0 aromatic carbocycles. The fourth-order valence-corrected chi connectivity index (χ4v) is 2.99. The van der Waals surface area contributed by atoms with Gasteiger partial charge in [-0.05, 0) is 45.8 Å². The van der Waals surface area contributed by atoms with Gasteiger partial charge in [0.1, 0.15) is 10.9 Å². The molecule has 0 aliphatic heterocycles. The number of alkyl halides is 1. The Bertz CT molecular complexity index is 251. The molecule has 0 bridgehead atoms. The molecule has 4 heteroatoms. The molecule has 0 amide bonds. The van der Waals surface area contributed by atoms with Crippen LogP contribution in [-0.4, -0.2) is 29.2 Å². The molecular formula is C16H31FO2S. The van der Waals surface area contributed by atoms with Crippen LogP contribution in [-0.2, 0) is 9.53 Å². The van der Waals surface area contributed by atoms with E-state index in [1.165, 1.54) is 0 Å². The molecule has 20 heavy (non-hydrogen) atoms. The van der Waals surface area contributed by atoms with Gasteiger partial charge in [0.05, 0.1) is 6.67 Å². The van der Waals surface area contributed by atoms with Crippen LogP contribution in [0.5, 0.6) is 0 Å². The van der Waals surface area contributed by atoms with E-state index in [1.807, 2.05) is 20.8 Å². The molecule has 1 unspecified atom stereocenters. The first kappa shape index (κ1) is 19.8. The third-order valence-electron chi connectivity index (χ3n) is 2.84. The third kappa shape index (κ3) is 11.6. The van der Waals surface area contributed by atoms with Crippen LogP contribution >= 0.6 is 11.8 Å². The summed E-state index contributed by atoms with van der Waals surface area (Å²) < 4.78 is 17.5. The highest BCUT2D eigenvalue weighted by molar-refractivity contribution is 8.00. The molecule has 0 saturated carbocycles. The van der Waals surface area contributed by atoms with Gasteiger partial charge >= 0.3 is 5.97 Å². The quantitative estimate of drug-likeness (QED) is 0.390. The van der Waals surface area contributed by atoms with Crippen molar-refractivity contribution in [3.05, 3.63) is 0 Å². The van der Waals surface area contributed by atoms with Gasteiger partial charge in [-0.1, -0.05) is 32.6 Å². The maximum absolute atomic E-state index is 12.2. The van der Waals surface area contributed by atoms with E-state index in [2.05, 4.69) is 6.92 Å². The summed E-state index contributed by atoms with van der Waals surface area (Å²) in [6, 6.07) is 0. The zero-order chi connectivity index (χ0) is 15.4. The topological polar surface area (TPSA) is 26.3 Å². The fraction of sp³-hybridized carbons (Fsp3) is 0.938. The number of rotatable bonds is 11. The van der Waals surface area contributed by atoms with E-state index in [4.69, 9.17) is 4.74 Å². The zero-order valence-corrected chi connectivity index (χ0v) is 14.4. The predicted molar refractivity (Wildman–Crippen MR) is 86.1 cm³/mol. The highest BCUT2D eigenvalue weighted by atomic mass is 32.2. The van der Waals surface area contributed by atoms with Gasteiger partial charge in [0.15, 0.2) is 0 Å². The molecule has 0 saturated heterocycles. The Labute approximate surface area is 128 Å². The molecule has 2 nitrogen and oxygen atoms in total. The van der Waals surface area contributed by atoms with Gasteiger partial charge in [0.25, 0.3) is 0 Å². The molecule has 0 fully saturated rings. The molecule has 120 valence electrons. The standard InChI is InChI=1S/C16H31FO2S/c1-5-6-8-11-14(15(18)19-16(2,3)4)20-13-10-7-9-12-17/h14H,5-13H2,1-4H3. The molecule has 0 spiro atoms. The second kappa shape index (κ2) is 11.4. The van der Waals surface area contributed by atoms with Gasteiger partial charge in [-0.3, -0.25) is 9.18 Å². The Hall–Kier alpha value is -0.250. The number of unbranched alkanes of at least 4 members (excludes halogenated alkanes) is 4. The number of carbonyl (C=O) groups excluding carboxylic acids is 1. The first-order valence-corrected chi connectivity index (χ1v) is 8.86. The van der Waals surface area contributed by atoms with Gasteiger partial charge < -0.3 is 4.74 Å². The summed E-state index contributed by atoms with van der Waals surface area (Å²) in [5.74, 6) is 0.819. The summed E-state index contributed by atoms with van der Waals surface area (Å²) in [5.41, 5.74) is -0.422. The second-order valence-electron chi connectivity index (χ2n) is 6.14. The van der Waals surface area contributed by atoms with Crippen molar-refractivity contribution in [1.82, 2.24) is 0 Å². The van der Waals surface area contributed by atoms with E-state index in [9.17, 15) is 9.18 Å². The van der Waals surface area contributed by atoms with Crippen LogP contribution in [0.15, 0.2) is 0 Å². The summed E-state index contributed by atoms with van der Waals surface area (Å²) >= 11 is 1.67. The molecule has 0 heterocycles. The Morgan fingerprint density at radius 3 is 2.40 bits per heavy atom. The van der Waals surface area contributed by atoms with Crippen LogP contribution in [0, 0.1) is 0 Å². The first-order valence-electron chi connectivity index (χ1n) is 7.81. The fourth-order valence-electron chi connectivity index (χ4n) is 1.82. The van der Waals surface area contributed by atoms with Crippen molar-refractivity contribution in [3.8, 4) is 0 Å². The lowest BCUT2D eigenvalue weighted by atomic mass is 10.1. The molecule has 1 atom stereocenters. The lowest BCUT2D eigenvalue weighted by Gasteiger charge is -2.23. The second-order valence-corrected chi connectivity index (χ2v) is 7.45. The van der Waals surface area contributed by atoms with Crippen LogP contribution in [0.4, 0.5) is 4.39 Å². The summed E-state index contributed by atoms with van der Waals surface area (Å²) in [6.07, 6.45) is 6.77. The molecular weight excluding hydrogens is 275 g/mol. The zero-order valence-electron chi connectivity index (χ0n) is 13.5. The van der Waals surface area contributed by atoms with Crippen molar-refractivity contribution < 1.29 is 13.9 Å². The van der Waals surface area contributed by atoms with Gasteiger partial charge in [-0.25, -0.2) is 0 Å². The van der Waals surface area contributed by atoms with E-state index in [0.29, 0.717) is 6.42 Å². The first-order chi connectivity index (χ1) is 9.40. The predicted octanol–water partition coefficient (Wildman–Crippen LogP) is 5.15. The molecule has 0 aliphatic carbocycles. The SMILES string of the molecule is CCCCCC(SCCCCCF)C(=O)OC(C)(C)C. The average Bonchev–Trinajstić information content (AvgIpc) is 2.34. The molecule has 0 aliphatic rings. The summed E-state index contributed by atoms with van der Waals surface area (Å²) in [5, 5.41) is -0.0637. The largest absolute Gasteiger partial charge is 0.459 e. The van der Waals surface area contributed by atoms with Gasteiger partial charge in [0.2, 0.25) is 0 Å². The summed E-state index contributed by atoms with van der Waals surface area (Å²) in [4.78, 5) is 12.2. The molecule has 0 aromatic heterocycles. The Balaban J connectivity index is 4.15. The Kier molecular flexibility index (Phi) is 11.3. The van der Waals surface area contributed by atoms with E-state index in [1.54, 1.807) is 11.8 Å². The van der Waals surface area contributed by atoms with E-state index in [0.717, 1.165) is 44.3 Å². The molecule has 0 aromatic rings. The number of ether oxygens (including phenoxy) is 1. The van der Waals surface area contributed by atoms with E-state index >= 15 is 0 Å². The monoisotopic (exact) mass is 306 g/mol. The van der Waals surface area contributed by atoms with Gasteiger partial charge in [0, 0.05) is 0 Å². The van der Waals surface area contributed by atoms with Crippen molar-refractivity contribution in [2.75, 3.05) is 12.4 Å². The molecule has 0 radical (unpaired) electrons. The lowest BCUT2D eigenvalue weighted by Crippen LogP contribution is -2.30. The van der Waals surface area contributed by atoms with Crippen molar-refractivity contribution in [2.45, 2.75) is 83.5 Å². The summed E-state index contributed by atoms with van der Waals surface area (Å²) in [6.45, 7) is 7.63. The lowest BCUT2D eigenvalue weighted by molar-refractivity contribution is -0.154. The number of hydrogen-bond acceptors (Lipinski definition) is 3. The normalized spacial score (nSPS) is 13.2. The minimum absolute atomic E-state index is 0.0637. The number of hydrogen-bond donors (Lipinski definition) is 0. The Morgan fingerprint density at radius 2 is 1.85 bits per heavy atom. The Morgan fingerprint density at radius 1 is 1.15 bits per heavy atom. The highest BCUT2D eigenvalue weighted by Crippen LogP contribution is 2.23. The maximum atomic E-state index is 12.2. The molecule has 0 N–H and O–H groups in total. The van der Waals surface area contributed by atoms with Crippen LogP contribution in [0.3, 0.4) is 0 Å². The maximum Gasteiger partial charge on any atom is 0.319 e. The van der Waals surface area contributed by atoms with Crippen LogP contribution in [0.2, 0.25) is 0 Å². The van der Waals surface area contributed by atoms with Crippen LogP contribution in [0.1, 0.15) is 72.6 Å². The average molecular weight is 306 g/mol. The van der Waals surface area contributed by atoms with E-state index in [-0.39, 0.29) is 17.9 Å². The van der Waals surface area contributed by atoms with Crippen molar-refractivity contribution in [2.24, 2.45) is 0 Å². The number of esters is 1. The minimum atomic E-state index is -0.422. The van der Waals surface area contributed by atoms with Crippen molar-refractivity contribution in [1.29, 1.82) is 0 Å². The van der Waals surface area contributed by atoms with Crippen molar-refractivity contribution in [3.63, 3.8) is 0 Å².